The van der Waals surface area contributed by atoms with E-state index in [-0.39, 0.29) is 6.61 Å². The van der Waals surface area contributed by atoms with Crippen molar-refractivity contribution in [2.24, 2.45) is 0 Å². The number of imidazole rings is 1. The lowest BCUT2D eigenvalue weighted by atomic mass is 10.1. The highest BCUT2D eigenvalue weighted by molar-refractivity contribution is 6.33. The Kier molecular flexibility index (Phi) is 4.78. The molecular weight excluding hydrogens is 340 g/mol. The lowest BCUT2D eigenvalue weighted by Gasteiger charge is -2.11. The highest BCUT2D eigenvalue weighted by atomic mass is 35.5. The molecular formula is C18H13ClN4O2. The molecule has 0 spiro atoms. The van der Waals surface area contributed by atoms with Crippen LogP contribution in [0.2, 0.25) is 5.02 Å². The van der Waals surface area contributed by atoms with Crippen LogP contribution in [0, 0.1) is 6.57 Å². The van der Waals surface area contributed by atoms with E-state index in [1.54, 1.807) is 54.5 Å². The normalized spacial score (nSPS) is 10.9. The van der Waals surface area contributed by atoms with Gasteiger partial charge in [-0.05, 0) is 30.7 Å². The molecule has 2 heterocycles. The van der Waals surface area contributed by atoms with Crippen LogP contribution < -0.4 is 0 Å². The third kappa shape index (κ3) is 3.37. The average molecular weight is 353 g/mol. The molecule has 0 atom stereocenters. The third-order valence-electron chi connectivity index (χ3n) is 3.51. The van der Waals surface area contributed by atoms with Crippen LogP contribution in [0.15, 0.2) is 43.1 Å². The molecule has 3 aromatic rings. The van der Waals surface area contributed by atoms with Gasteiger partial charge >= 0.3 is 5.97 Å². The Labute approximate surface area is 149 Å². The first-order valence-electron chi connectivity index (χ1n) is 7.47. The van der Waals surface area contributed by atoms with Crippen molar-refractivity contribution in [3.05, 3.63) is 70.7 Å². The van der Waals surface area contributed by atoms with Gasteiger partial charge in [-0.15, -0.1) is 0 Å². The van der Waals surface area contributed by atoms with Gasteiger partial charge in [0.1, 0.15) is 12.1 Å². The lowest BCUT2D eigenvalue weighted by molar-refractivity contribution is 0.0528. The maximum absolute atomic E-state index is 12.4. The summed E-state index contributed by atoms with van der Waals surface area (Å²) in [5, 5.41) is 1.05. The predicted molar refractivity (Wildman–Crippen MR) is 95.5 cm³/mol. The second kappa shape index (κ2) is 7.16. The summed E-state index contributed by atoms with van der Waals surface area (Å²) >= 11 is 6.28. The van der Waals surface area contributed by atoms with Gasteiger partial charge in [0, 0.05) is 22.8 Å². The second-order valence-corrected chi connectivity index (χ2v) is 5.46. The molecule has 0 unspecified atom stereocenters. The van der Waals surface area contributed by atoms with Gasteiger partial charge in [-0.1, -0.05) is 17.7 Å². The summed E-state index contributed by atoms with van der Waals surface area (Å²) < 4.78 is 6.87. The summed E-state index contributed by atoms with van der Waals surface area (Å²) in [5.41, 5.74) is 1.57. The molecule has 0 aliphatic rings. The molecule has 7 heteroatoms. The van der Waals surface area contributed by atoms with E-state index in [4.69, 9.17) is 22.9 Å². The standard InChI is InChI=1S/C18H13ClN4O2/c1-3-25-18(24)14-9-17(23-7-6-21-11-23)22-16-10-15(19)12(4-5-20-2)8-13(14)16/h4-11H,3H2,1H3/b5-4+. The Hall–Kier alpha value is -3.17. The fourth-order valence-electron chi connectivity index (χ4n) is 2.40. The number of halogens is 1. The van der Waals surface area contributed by atoms with Crippen molar-refractivity contribution in [2.75, 3.05) is 6.61 Å². The molecule has 0 aliphatic heterocycles. The van der Waals surface area contributed by atoms with E-state index in [0.717, 1.165) is 0 Å². The van der Waals surface area contributed by atoms with E-state index < -0.39 is 5.97 Å². The third-order valence-corrected chi connectivity index (χ3v) is 3.83. The van der Waals surface area contributed by atoms with Gasteiger partial charge in [0.25, 0.3) is 0 Å². The van der Waals surface area contributed by atoms with Crippen LogP contribution >= 0.6 is 11.6 Å². The zero-order chi connectivity index (χ0) is 17.8. The van der Waals surface area contributed by atoms with Crippen molar-refractivity contribution in [3.63, 3.8) is 0 Å². The van der Waals surface area contributed by atoms with Crippen molar-refractivity contribution in [1.82, 2.24) is 14.5 Å². The number of ether oxygens (including phenoxy) is 1. The van der Waals surface area contributed by atoms with Crippen molar-refractivity contribution in [2.45, 2.75) is 6.92 Å². The van der Waals surface area contributed by atoms with Crippen LogP contribution in [0.4, 0.5) is 0 Å². The Morgan fingerprint density at radius 3 is 2.96 bits per heavy atom. The maximum atomic E-state index is 12.4. The Bertz CT molecular complexity index is 1000. The summed E-state index contributed by atoms with van der Waals surface area (Å²) in [4.78, 5) is 24.1. The topological polar surface area (TPSA) is 61.4 Å². The van der Waals surface area contributed by atoms with Gasteiger partial charge in [-0.25, -0.2) is 19.6 Å². The number of esters is 1. The van der Waals surface area contributed by atoms with E-state index in [1.165, 1.54) is 6.20 Å². The van der Waals surface area contributed by atoms with E-state index in [0.29, 0.717) is 32.9 Å². The number of hydrogen-bond acceptors (Lipinski definition) is 4. The second-order valence-electron chi connectivity index (χ2n) is 5.05. The van der Waals surface area contributed by atoms with E-state index in [2.05, 4.69) is 14.8 Å². The molecule has 0 aliphatic carbocycles. The first-order chi connectivity index (χ1) is 12.1. The van der Waals surface area contributed by atoms with Crippen molar-refractivity contribution in [3.8, 4) is 5.82 Å². The molecule has 0 radical (unpaired) electrons. The molecule has 3 rings (SSSR count). The number of fused-ring (bicyclic) bond motifs is 1. The molecule has 0 fully saturated rings. The van der Waals surface area contributed by atoms with Gasteiger partial charge in [-0.2, -0.15) is 0 Å². The van der Waals surface area contributed by atoms with Crippen LogP contribution in [0.3, 0.4) is 0 Å². The number of benzene rings is 1. The first-order valence-corrected chi connectivity index (χ1v) is 7.84. The van der Waals surface area contributed by atoms with Gasteiger partial charge in [0.05, 0.1) is 24.3 Å². The Balaban J connectivity index is 2.27. The number of carbonyl (C=O) groups is 1. The summed E-state index contributed by atoms with van der Waals surface area (Å²) in [6, 6.07) is 5.05. The Morgan fingerprint density at radius 2 is 2.28 bits per heavy atom. The summed E-state index contributed by atoms with van der Waals surface area (Å²) in [7, 11) is 0. The number of nitrogens with zero attached hydrogens (tertiary/aromatic N) is 4. The number of pyridine rings is 1. The minimum absolute atomic E-state index is 0.265. The number of hydrogen-bond donors (Lipinski definition) is 0. The summed E-state index contributed by atoms with van der Waals surface area (Å²) in [6.45, 7) is 8.87. The zero-order valence-corrected chi connectivity index (χ0v) is 14.1. The molecule has 6 nitrogen and oxygen atoms in total. The molecule has 124 valence electrons. The molecule has 0 saturated carbocycles. The largest absolute Gasteiger partial charge is 0.462 e. The SMILES string of the molecule is [C-]#[N+]/C=C/c1cc2c(C(=O)OCC)cc(-n3ccnc3)nc2cc1Cl. The molecule has 0 amide bonds. The molecule has 1 aromatic carbocycles. The van der Waals surface area contributed by atoms with Crippen molar-refractivity contribution in [1.29, 1.82) is 0 Å². The number of carbonyl (C=O) groups excluding carboxylic acids is 1. The van der Waals surface area contributed by atoms with Crippen LogP contribution in [-0.4, -0.2) is 27.1 Å². The average Bonchev–Trinajstić information content (AvgIpc) is 3.13. The smallest absolute Gasteiger partial charge is 0.338 e. The fourth-order valence-corrected chi connectivity index (χ4v) is 2.62. The molecule has 0 N–H and O–H groups in total. The molecule has 0 saturated heterocycles. The van der Waals surface area contributed by atoms with Crippen LogP contribution in [0.25, 0.3) is 27.6 Å². The van der Waals surface area contributed by atoms with E-state index in [9.17, 15) is 4.79 Å². The minimum Gasteiger partial charge on any atom is -0.462 e. The first kappa shape index (κ1) is 16.7. The van der Waals surface area contributed by atoms with E-state index in [1.807, 2.05) is 0 Å². The van der Waals surface area contributed by atoms with Crippen LogP contribution in [0.1, 0.15) is 22.8 Å². The summed E-state index contributed by atoms with van der Waals surface area (Å²) in [5.74, 6) is 0.0901. The van der Waals surface area contributed by atoms with Gasteiger partial charge < -0.3 is 4.74 Å². The van der Waals surface area contributed by atoms with Gasteiger partial charge in [0.2, 0.25) is 0 Å². The minimum atomic E-state index is -0.446. The highest BCUT2D eigenvalue weighted by Gasteiger charge is 2.16. The predicted octanol–water partition coefficient (Wildman–Crippen LogP) is 4.14. The lowest BCUT2D eigenvalue weighted by Crippen LogP contribution is -2.08. The van der Waals surface area contributed by atoms with E-state index >= 15 is 0 Å². The maximum Gasteiger partial charge on any atom is 0.338 e. The number of rotatable bonds is 4. The fraction of sp³-hybridized carbons (Fsp3) is 0.111. The summed E-state index contributed by atoms with van der Waals surface area (Å²) in [6.07, 6.45) is 7.86. The van der Waals surface area contributed by atoms with Gasteiger partial charge in [0.15, 0.2) is 6.20 Å². The molecule has 2 aromatic heterocycles. The van der Waals surface area contributed by atoms with Crippen LogP contribution in [-0.2, 0) is 4.74 Å². The Morgan fingerprint density at radius 1 is 1.44 bits per heavy atom. The van der Waals surface area contributed by atoms with Crippen LogP contribution in [0.5, 0.6) is 0 Å². The zero-order valence-electron chi connectivity index (χ0n) is 13.3. The van der Waals surface area contributed by atoms with Crippen molar-refractivity contribution < 1.29 is 9.53 Å². The van der Waals surface area contributed by atoms with Crippen molar-refractivity contribution >= 4 is 34.5 Å². The van der Waals surface area contributed by atoms with Gasteiger partial charge in [-0.3, -0.25) is 4.57 Å². The number of aromatic nitrogens is 3. The quantitative estimate of drug-likeness (QED) is 0.523. The molecule has 25 heavy (non-hydrogen) atoms. The monoisotopic (exact) mass is 352 g/mol. The molecule has 0 bridgehead atoms. The highest BCUT2D eigenvalue weighted by Crippen LogP contribution is 2.28.